The van der Waals surface area contributed by atoms with E-state index in [1.165, 1.54) is 0 Å². The van der Waals surface area contributed by atoms with E-state index in [9.17, 15) is 14.7 Å². The Morgan fingerprint density at radius 2 is 2.29 bits per heavy atom. The molecule has 1 aromatic rings. The Kier molecular flexibility index (Phi) is 4.77. The summed E-state index contributed by atoms with van der Waals surface area (Å²) in [7, 11) is 1.75. The largest absolute Gasteiger partial charge is 0.482 e. The standard InChI is InChI=1S/C14H18N2O5/c1-16(5-4-14(19)20)7-11(17)9-2-3-12-10(6-9)15-13(18)8-21-12/h2-3,6,11,17H,4-5,7-8H2,1H3,(H,15,18)(H,19,20). The normalized spacial score (nSPS) is 15.1. The zero-order valence-electron chi connectivity index (χ0n) is 11.7. The number of fused-ring (bicyclic) bond motifs is 1. The maximum atomic E-state index is 11.3. The number of likely N-dealkylation sites (N-methyl/N-ethyl adjacent to an activating group) is 1. The molecule has 7 heteroatoms. The molecule has 0 aliphatic carbocycles. The van der Waals surface area contributed by atoms with E-state index in [2.05, 4.69) is 5.32 Å². The summed E-state index contributed by atoms with van der Waals surface area (Å²) in [6.07, 6.45) is -0.745. The van der Waals surface area contributed by atoms with Crippen LogP contribution < -0.4 is 10.1 Å². The van der Waals surface area contributed by atoms with Crippen molar-refractivity contribution in [2.24, 2.45) is 0 Å². The van der Waals surface area contributed by atoms with Crippen molar-refractivity contribution in [2.45, 2.75) is 12.5 Å². The van der Waals surface area contributed by atoms with Crippen LogP contribution in [0.2, 0.25) is 0 Å². The number of aliphatic hydroxyl groups excluding tert-OH is 1. The smallest absolute Gasteiger partial charge is 0.304 e. The highest BCUT2D eigenvalue weighted by Crippen LogP contribution is 2.30. The molecule has 1 amide bonds. The summed E-state index contributed by atoms with van der Waals surface area (Å²) in [5.74, 6) is -0.525. The summed E-state index contributed by atoms with van der Waals surface area (Å²) >= 11 is 0. The number of hydrogen-bond acceptors (Lipinski definition) is 5. The molecule has 1 aromatic carbocycles. The summed E-state index contributed by atoms with van der Waals surface area (Å²) < 4.78 is 5.25. The second-order valence-corrected chi connectivity index (χ2v) is 5.01. The second-order valence-electron chi connectivity index (χ2n) is 5.01. The first-order valence-electron chi connectivity index (χ1n) is 6.60. The lowest BCUT2D eigenvalue weighted by Gasteiger charge is -2.22. The quantitative estimate of drug-likeness (QED) is 0.705. The molecule has 1 atom stereocenters. The highest BCUT2D eigenvalue weighted by molar-refractivity contribution is 5.95. The minimum atomic E-state index is -0.870. The lowest BCUT2D eigenvalue weighted by molar-refractivity contribution is -0.137. The van der Waals surface area contributed by atoms with Gasteiger partial charge < -0.3 is 25.2 Å². The predicted octanol–water partition coefficient (Wildman–Crippen LogP) is 0.457. The molecule has 0 saturated heterocycles. The predicted molar refractivity (Wildman–Crippen MR) is 75.3 cm³/mol. The van der Waals surface area contributed by atoms with Crippen LogP contribution in [0.3, 0.4) is 0 Å². The number of carbonyl (C=O) groups is 2. The van der Waals surface area contributed by atoms with Gasteiger partial charge in [-0.1, -0.05) is 6.07 Å². The topological polar surface area (TPSA) is 99.1 Å². The van der Waals surface area contributed by atoms with Gasteiger partial charge in [0.05, 0.1) is 18.2 Å². The van der Waals surface area contributed by atoms with Gasteiger partial charge in [0.15, 0.2) is 6.61 Å². The van der Waals surface area contributed by atoms with Crippen molar-refractivity contribution in [1.82, 2.24) is 4.90 Å². The van der Waals surface area contributed by atoms with Crippen LogP contribution >= 0.6 is 0 Å². The Hall–Kier alpha value is -2.12. The SMILES string of the molecule is CN(CCC(=O)O)CC(O)c1ccc2c(c1)NC(=O)CO2. The van der Waals surface area contributed by atoms with Gasteiger partial charge >= 0.3 is 5.97 Å². The summed E-state index contributed by atoms with van der Waals surface area (Å²) in [6.45, 7) is 0.658. The summed E-state index contributed by atoms with van der Waals surface area (Å²) in [5, 5.41) is 21.5. The van der Waals surface area contributed by atoms with Gasteiger partial charge in [-0.15, -0.1) is 0 Å². The van der Waals surface area contributed by atoms with Gasteiger partial charge in [0.1, 0.15) is 5.75 Å². The molecule has 0 aromatic heterocycles. The van der Waals surface area contributed by atoms with Crippen LogP contribution in [0.15, 0.2) is 18.2 Å². The highest BCUT2D eigenvalue weighted by atomic mass is 16.5. The van der Waals surface area contributed by atoms with E-state index in [4.69, 9.17) is 9.84 Å². The Morgan fingerprint density at radius 1 is 1.52 bits per heavy atom. The van der Waals surface area contributed by atoms with E-state index < -0.39 is 12.1 Å². The third kappa shape index (κ3) is 4.17. The minimum absolute atomic E-state index is 0.00712. The number of anilines is 1. The first kappa shape index (κ1) is 15.3. The first-order valence-corrected chi connectivity index (χ1v) is 6.60. The molecule has 0 fully saturated rings. The van der Waals surface area contributed by atoms with Crippen molar-refractivity contribution in [3.05, 3.63) is 23.8 Å². The van der Waals surface area contributed by atoms with Crippen molar-refractivity contribution in [3.63, 3.8) is 0 Å². The van der Waals surface area contributed by atoms with Crippen molar-refractivity contribution in [3.8, 4) is 5.75 Å². The number of carboxylic acid groups (broad SMARTS) is 1. The van der Waals surface area contributed by atoms with Crippen LogP contribution in [0, 0.1) is 0 Å². The molecule has 7 nitrogen and oxygen atoms in total. The maximum Gasteiger partial charge on any atom is 0.304 e. The van der Waals surface area contributed by atoms with E-state index in [1.807, 2.05) is 0 Å². The Morgan fingerprint density at radius 3 is 3.00 bits per heavy atom. The fourth-order valence-corrected chi connectivity index (χ4v) is 2.09. The van der Waals surface area contributed by atoms with Gasteiger partial charge in [-0.2, -0.15) is 0 Å². The van der Waals surface area contributed by atoms with Crippen molar-refractivity contribution in [1.29, 1.82) is 0 Å². The van der Waals surface area contributed by atoms with Crippen molar-refractivity contribution >= 4 is 17.6 Å². The van der Waals surface area contributed by atoms with Crippen LogP contribution in [0.4, 0.5) is 5.69 Å². The van der Waals surface area contributed by atoms with E-state index >= 15 is 0 Å². The fourth-order valence-electron chi connectivity index (χ4n) is 2.09. The number of carboxylic acids is 1. The van der Waals surface area contributed by atoms with E-state index in [0.717, 1.165) is 0 Å². The molecule has 1 heterocycles. The van der Waals surface area contributed by atoms with E-state index in [1.54, 1.807) is 30.1 Å². The molecule has 21 heavy (non-hydrogen) atoms. The number of aliphatic hydroxyl groups is 1. The molecule has 0 bridgehead atoms. The Balaban J connectivity index is 1.99. The molecule has 114 valence electrons. The lowest BCUT2D eigenvalue weighted by Crippen LogP contribution is -2.28. The Labute approximate surface area is 122 Å². The highest BCUT2D eigenvalue weighted by Gasteiger charge is 2.18. The number of amides is 1. The number of nitrogens with zero attached hydrogens (tertiary/aromatic N) is 1. The fraction of sp³-hybridized carbons (Fsp3) is 0.429. The van der Waals surface area contributed by atoms with Crippen LogP contribution in [0.5, 0.6) is 5.75 Å². The zero-order valence-corrected chi connectivity index (χ0v) is 11.7. The van der Waals surface area contributed by atoms with Gasteiger partial charge in [0.2, 0.25) is 0 Å². The van der Waals surface area contributed by atoms with Crippen molar-refractivity contribution in [2.75, 3.05) is 32.1 Å². The van der Waals surface area contributed by atoms with Crippen LogP contribution in [-0.2, 0) is 9.59 Å². The number of aliphatic carboxylic acids is 1. The molecule has 1 unspecified atom stereocenters. The molecule has 0 radical (unpaired) electrons. The van der Waals surface area contributed by atoms with Gasteiger partial charge in [-0.25, -0.2) is 0 Å². The van der Waals surface area contributed by atoms with Crippen LogP contribution in [0.1, 0.15) is 18.1 Å². The van der Waals surface area contributed by atoms with Gasteiger partial charge in [-0.05, 0) is 24.7 Å². The van der Waals surface area contributed by atoms with Gasteiger partial charge in [0.25, 0.3) is 5.91 Å². The molecular weight excluding hydrogens is 276 g/mol. The lowest BCUT2D eigenvalue weighted by atomic mass is 10.1. The molecule has 1 aliphatic heterocycles. The first-order chi connectivity index (χ1) is 9.95. The van der Waals surface area contributed by atoms with Crippen molar-refractivity contribution < 1.29 is 24.5 Å². The number of nitrogens with one attached hydrogen (secondary N) is 1. The zero-order chi connectivity index (χ0) is 15.4. The maximum absolute atomic E-state index is 11.3. The summed E-state index contributed by atoms with van der Waals surface area (Å²) in [4.78, 5) is 23.5. The van der Waals surface area contributed by atoms with Crippen LogP contribution in [0.25, 0.3) is 0 Å². The number of ether oxygens (including phenoxy) is 1. The molecule has 0 spiro atoms. The average Bonchev–Trinajstić information content (AvgIpc) is 2.44. The Bertz CT molecular complexity index is 546. The number of rotatable bonds is 6. The molecule has 2 rings (SSSR count). The third-order valence-electron chi connectivity index (χ3n) is 3.21. The monoisotopic (exact) mass is 294 g/mol. The summed E-state index contributed by atoms with van der Waals surface area (Å²) in [5.41, 5.74) is 1.18. The number of hydrogen-bond donors (Lipinski definition) is 3. The number of carbonyl (C=O) groups excluding carboxylic acids is 1. The third-order valence-corrected chi connectivity index (χ3v) is 3.21. The molecule has 1 aliphatic rings. The molecular formula is C14H18N2O5. The minimum Gasteiger partial charge on any atom is -0.482 e. The van der Waals surface area contributed by atoms with Gasteiger partial charge in [0, 0.05) is 13.1 Å². The second kappa shape index (κ2) is 6.55. The average molecular weight is 294 g/mol. The molecule has 0 saturated carbocycles. The van der Waals surface area contributed by atoms with E-state index in [0.29, 0.717) is 30.1 Å². The summed E-state index contributed by atoms with van der Waals surface area (Å²) in [6, 6.07) is 5.10. The molecule has 3 N–H and O–H groups in total. The van der Waals surface area contributed by atoms with Crippen LogP contribution in [-0.4, -0.2) is 53.7 Å². The van der Waals surface area contributed by atoms with E-state index in [-0.39, 0.29) is 18.9 Å². The number of benzene rings is 1. The van der Waals surface area contributed by atoms with Gasteiger partial charge in [-0.3, -0.25) is 9.59 Å².